The van der Waals surface area contributed by atoms with Crippen LogP contribution in [0.15, 0.2) is 60.8 Å². The number of carbonyl (C=O) groups is 1. The van der Waals surface area contributed by atoms with Crippen molar-refractivity contribution in [1.29, 1.82) is 0 Å². The number of carbonyl (C=O) groups excluding carboxylic acids is 1. The van der Waals surface area contributed by atoms with E-state index in [0.29, 0.717) is 18.8 Å². The highest BCUT2D eigenvalue weighted by molar-refractivity contribution is 5.94. The van der Waals surface area contributed by atoms with Gasteiger partial charge in [-0.25, -0.2) is 0 Å². The molecule has 0 bridgehead atoms. The molecule has 1 unspecified atom stereocenters. The number of fused-ring (bicyclic) bond motifs is 1. The fraction of sp³-hybridized carbons (Fsp3) is 0.348. The van der Waals surface area contributed by atoms with Gasteiger partial charge in [-0.15, -0.1) is 0 Å². The molecule has 0 spiro atoms. The number of benzene rings is 1. The number of aromatic nitrogens is 1. The number of rotatable bonds is 7. The van der Waals surface area contributed by atoms with Gasteiger partial charge < -0.3 is 18.8 Å². The van der Waals surface area contributed by atoms with E-state index in [4.69, 9.17) is 9.47 Å². The lowest BCUT2D eigenvalue weighted by Gasteiger charge is -2.25. The summed E-state index contributed by atoms with van der Waals surface area (Å²) in [6.45, 7) is 2.08. The number of amides is 1. The number of pyridine rings is 1. The Kier molecular flexibility index (Phi) is 5.63. The molecule has 0 radical (unpaired) electrons. The highest BCUT2D eigenvalue weighted by Crippen LogP contribution is 2.18. The summed E-state index contributed by atoms with van der Waals surface area (Å²) in [5.41, 5.74) is 2.91. The van der Waals surface area contributed by atoms with Crippen molar-refractivity contribution >= 4 is 11.4 Å². The van der Waals surface area contributed by atoms with Crippen LogP contribution in [0.25, 0.3) is 5.52 Å². The summed E-state index contributed by atoms with van der Waals surface area (Å²) in [6.07, 6.45) is 4.95. The Morgan fingerprint density at radius 1 is 1.18 bits per heavy atom. The van der Waals surface area contributed by atoms with Crippen molar-refractivity contribution in [1.82, 2.24) is 9.30 Å². The van der Waals surface area contributed by atoms with E-state index in [0.717, 1.165) is 37.1 Å². The number of ether oxygens (including phenoxy) is 2. The summed E-state index contributed by atoms with van der Waals surface area (Å²) < 4.78 is 13.0. The van der Waals surface area contributed by atoms with Crippen LogP contribution in [-0.2, 0) is 11.2 Å². The second-order valence-electron chi connectivity index (χ2n) is 7.20. The van der Waals surface area contributed by atoms with Crippen molar-refractivity contribution in [2.45, 2.75) is 25.4 Å². The average Bonchev–Trinajstić information content (AvgIpc) is 3.40. The van der Waals surface area contributed by atoms with Crippen molar-refractivity contribution in [3.63, 3.8) is 0 Å². The number of nitrogens with zero attached hydrogens (tertiary/aromatic N) is 2. The quantitative estimate of drug-likeness (QED) is 0.628. The molecule has 1 aliphatic heterocycles. The summed E-state index contributed by atoms with van der Waals surface area (Å²) in [4.78, 5) is 15.3. The van der Waals surface area contributed by atoms with Crippen molar-refractivity contribution in [2.75, 3.05) is 26.8 Å². The molecule has 1 saturated heterocycles. The molecule has 3 heterocycles. The standard InChI is InChI=1S/C23H26N2O3/c1-27-20-10-7-18(8-11-20)13-15-24(17-21-6-4-16-28-21)23(26)22-12-9-19-5-2-3-14-25(19)22/h2-3,5,7-12,14,21H,4,6,13,15-17H2,1H3. The van der Waals surface area contributed by atoms with Crippen molar-refractivity contribution in [3.05, 3.63) is 72.1 Å². The molecule has 1 fully saturated rings. The molecule has 1 aromatic carbocycles. The van der Waals surface area contributed by atoms with Gasteiger partial charge in [0.2, 0.25) is 0 Å². The van der Waals surface area contributed by atoms with E-state index in [2.05, 4.69) is 12.1 Å². The number of methoxy groups -OCH3 is 1. The summed E-state index contributed by atoms with van der Waals surface area (Å²) in [5, 5.41) is 0. The predicted molar refractivity (Wildman–Crippen MR) is 109 cm³/mol. The zero-order valence-electron chi connectivity index (χ0n) is 16.2. The Bertz CT molecular complexity index is 926. The lowest BCUT2D eigenvalue weighted by Crippen LogP contribution is -2.39. The summed E-state index contributed by atoms with van der Waals surface area (Å²) in [7, 11) is 1.67. The molecule has 0 saturated carbocycles. The largest absolute Gasteiger partial charge is 0.497 e. The minimum Gasteiger partial charge on any atom is -0.497 e. The number of hydrogen-bond acceptors (Lipinski definition) is 3. The molecular formula is C23H26N2O3. The van der Waals surface area contributed by atoms with Crippen molar-refractivity contribution in [3.8, 4) is 5.75 Å². The summed E-state index contributed by atoms with van der Waals surface area (Å²) in [5.74, 6) is 0.894. The van der Waals surface area contributed by atoms with Gasteiger partial charge in [-0.2, -0.15) is 0 Å². The molecule has 1 aliphatic rings. The van der Waals surface area contributed by atoms with Gasteiger partial charge in [0, 0.05) is 31.4 Å². The van der Waals surface area contributed by atoms with Gasteiger partial charge in [-0.05, 0) is 61.2 Å². The van der Waals surface area contributed by atoms with Crippen LogP contribution in [0.2, 0.25) is 0 Å². The maximum Gasteiger partial charge on any atom is 0.270 e. The van der Waals surface area contributed by atoms with Gasteiger partial charge in [0.1, 0.15) is 11.4 Å². The molecule has 28 heavy (non-hydrogen) atoms. The van der Waals surface area contributed by atoms with E-state index in [1.54, 1.807) is 7.11 Å². The monoisotopic (exact) mass is 378 g/mol. The molecule has 5 nitrogen and oxygen atoms in total. The first-order chi connectivity index (χ1) is 13.7. The van der Waals surface area contributed by atoms with Gasteiger partial charge in [-0.3, -0.25) is 4.79 Å². The van der Waals surface area contributed by atoms with Crippen molar-refractivity contribution < 1.29 is 14.3 Å². The molecule has 3 aromatic rings. The fourth-order valence-corrected chi connectivity index (χ4v) is 3.76. The number of hydrogen-bond donors (Lipinski definition) is 0. The van der Waals surface area contributed by atoms with E-state index >= 15 is 0 Å². The molecule has 1 atom stereocenters. The zero-order valence-corrected chi connectivity index (χ0v) is 16.2. The first-order valence-electron chi connectivity index (χ1n) is 9.84. The van der Waals surface area contributed by atoms with Gasteiger partial charge in [0.15, 0.2) is 0 Å². The SMILES string of the molecule is COc1ccc(CCN(CC2CCCO2)C(=O)c2ccc3ccccn23)cc1. The lowest BCUT2D eigenvalue weighted by atomic mass is 10.1. The zero-order chi connectivity index (χ0) is 19.3. The Morgan fingerprint density at radius 2 is 2.04 bits per heavy atom. The first kappa shape index (κ1) is 18.6. The normalized spacial score (nSPS) is 16.4. The molecule has 2 aromatic heterocycles. The van der Waals surface area contributed by atoms with E-state index < -0.39 is 0 Å². The maximum absolute atomic E-state index is 13.4. The van der Waals surface area contributed by atoms with Crippen LogP contribution in [0.4, 0.5) is 0 Å². The predicted octanol–water partition coefficient (Wildman–Crippen LogP) is 3.81. The van der Waals surface area contributed by atoms with Crippen LogP contribution in [0, 0.1) is 0 Å². The Balaban J connectivity index is 1.52. The van der Waals surface area contributed by atoms with Gasteiger partial charge >= 0.3 is 0 Å². The first-order valence-corrected chi connectivity index (χ1v) is 9.84. The lowest BCUT2D eigenvalue weighted by molar-refractivity contribution is 0.0523. The maximum atomic E-state index is 13.4. The molecule has 1 amide bonds. The third-order valence-corrected chi connectivity index (χ3v) is 5.35. The van der Waals surface area contributed by atoms with Crippen molar-refractivity contribution in [2.24, 2.45) is 0 Å². The average molecular weight is 378 g/mol. The Morgan fingerprint density at radius 3 is 2.79 bits per heavy atom. The van der Waals surface area contributed by atoms with E-state index in [1.807, 2.05) is 58.0 Å². The van der Waals surface area contributed by atoms with Crippen LogP contribution in [0.3, 0.4) is 0 Å². The van der Waals surface area contributed by atoms with E-state index in [9.17, 15) is 4.79 Å². The fourth-order valence-electron chi connectivity index (χ4n) is 3.76. The second-order valence-corrected chi connectivity index (χ2v) is 7.20. The summed E-state index contributed by atoms with van der Waals surface area (Å²) in [6, 6.07) is 17.9. The Hall–Kier alpha value is -2.79. The molecule has 4 rings (SSSR count). The van der Waals surface area contributed by atoms with E-state index in [1.165, 1.54) is 5.56 Å². The molecule has 5 heteroatoms. The highest BCUT2D eigenvalue weighted by Gasteiger charge is 2.24. The molecule has 0 aliphatic carbocycles. The minimum absolute atomic E-state index is 0.0511. The van der Waals surface area contributed by atoms with Crippen LogP contribution < -0.4 is 4.74 Å². The van der Waals surface area contributed by atoms with Gasteiger partial charge in [0.25, 0.3) is 5.91 Å². The smallest absolute Gasteiger partial charge is 0.270 e. The third kappa shape index (κ3) is 4.04. The van der Waals surface area contributed by atoms with Crippen LogP contribution in [0.5, 0.6) is 5.75 Å². The second kappa shape index (κ2) is 8.48. The van der Waals surface area contributed by atoms with E-state index in [-0.39, 0.29) is 12.0 Å². The Labute approximate surface area is 165 Å². The third-order valence-electron chi connectivity index (χ3n) is 5.35. The van der Waals surface area contributed by atoms with Crippen LogP contribution in [0.1, 0.15) is 28.9 Å². The molecule has 0 N–H and O–H groups in total. The van der Waals surface area contributed by atoms with Crippen LogP contribution >= 0.6 is 0 Å². The topological polar surface area (TPSA) is 43.2 Å². The van der Waals surface area contributed by atoms with Gasteiger partial charge in [-0.1, -0.05) is 18.2 Å². The molecular weight excluding hydrogens is 352 g/mol. The van der Waals surface area contributed by atoms with Gasteiger partial charge in [0.05, 0.1) is 13.2 Å². The highest BCUT2D eigenvalue weighted by atomic mass is 16.5. The van der Waals surface area contributed by atoms with Crippen LogP contribution in [-0.4, -0.2) is 48.1 Å². The minimum atomic E-state index is 0.0511. The summed E-state index contributed by atoms with van der Waals surface area (Å²) >= 11 is 0. The molecule has 146 valence electrons.